The molecule has 0 saturated heterocycles. The molecule has 0 aliphatic carbocycles. The number of aliphatic hydroxyl groups is 1. The molecular weight excluding hydrogens is 354 g/mol. The van der Waals surface area contributed by atoms with Crippen LogP contribution in [-0.2, 0) is 5.60 Å². The lowest BCUT2D eigenvalue weighted by Crippen LogP contribution is -2.44. The van der Waals surface area contributed by atoms with Crippen LogP contribution in [0.2, 0.25) is 0 Å². The Bertz CT molecular complexity index is 1060. The highest BCUT2D eigenvalue weighted by Gasteiger charge is 2.45. The van der Waals surface area contributed by atoms with E-state index in [1.807, 2.05) is 0 Å². The van der Waals surface area contributed by atoms with E-state index < -0.39 is 11.6 Å². The second-order valence-electron chi connectivity index (χ2n) is 6.21. The molecule has 4 aromatic rings. The normalized spacial score (nSPS) is 12.5. The van der Waals surface area contributed by atoms with Crippen molar-refractivity contribution < 1.29 is 5.11 Å². The second kappa shape index (κ2) is 7.50. The highest BCUT2D eigenvalue weighted by atomic mass is 16.3. The highest BCUT2D eigenvalue weighted by molar-refractivity contribution is 5.38. The van der Waals surface area contributed by atoms with Crippen molar-refractivity contribution in [3.8, 4) is 0 Å². The number of aromatic nitrogens is 5. The van der Waals surface area contributed by atoms with E-state index in [4.69, 9.17) is 0 Å². The fourth-order valence-corrected chi connectivity index (χ4v) is 3.28. The Kier molecular flexibility index (Phi) is 4.74. The van der Waals surface area contributed by atoms with Crippen molar-refractivity contribution in [2.75, 3.05) is 0 Å². The van der Waals surface area contributed by atoms with Crippen LogP contribution in [0.4, 0.5) is 0 Å². The molecule has 1 atom stereocenters. The maximum Gasteiger partial charge on any atom is 0.267 e. The molecule has 0 bridgehead atoms. The van der Waals surface area contributed by atoms with Gasteiger partial charge in [0.05, 0.1) is 5.69 Å². The van der Waals surface area contributed by atoms with Crippen LogP contribution in [0.25, 0.3) is 0 Å². The molecule has 0 aliphatic heterocycles. The first-order valence-electron chi connectivity index (χ1n) is 8.69. The Morgan fingerprint density at radius 3 is 2.04 bits per heavy atom. The van der Waals surface area contributed by atoms with Gasteiger partial charge in [0.2, 0.25) is 0 Å². The molecule has 0 fully saturated rings. The largest absolute Gasteiger partial charge is 0.378 e. The zero-order valence-corrected chi connectivity index (χ0v) is 14.8. The van der Waals surface area contributed by atoms with Crippen molar-refractivity contribution in [3.63, 3.8) is 0 Å². The summed E-state index contributed by atoms with van der Waals surface area (Å²) in [6.45, 7) is 0. The molecule has 7 heteroatoms. The van der Waals surface area contributed by atoms with Gasteiger partial charge in [0, 0.05) is 54.4 Å². The van der Waals surface area contributed by atoms with Crippen LogP contribution in [0.5, 0.6) is 0 Å². The first-order chi connectivity index (χ1) is 13.7. The molecule has 1 unspecified atom stereocenters. The van der Waals surface area contributed by atoms with E-state index in [1.165, 1.54) is 16.9 Å². The van der Waals surface area contributed by atoms with E-state index in [-0.39, 0.29) is 5.56 Å². The summed E-state index contributed by atoms with van der Waals surface area (Å²) in [7, 11) is 0. The summed E-state index contributed by atoms with van der Waals surface area (Å²) in [5.74, 6) is 0. The van der Waals surface area contributed by atoms with Gasteiger partial charge in [-0.1, -0.05) is 18.2 Å². The molecule has 0 radical (unpaired) electrons. The predicted octanol–water partition coefficient (Wildman–Crippen LogP) is 1.95. The van der Waals surface area contributed by atoms with Gasteiger partial charge in [0.15, 0.2) is 0 Å². The summed E-state index contributed by atoms with van der Waals surface area (Å²) >= 11 is 0. The monoisotopic (exact) mass is 371 g/mol. The van der Waals surface area contributed by atoms with E-state index in [1.54, 1.807) is 79.5 Å². The summed E-state index contributed by atoms with van der Waals surface area (Å²) in [4.78, 5) is 25.4. The molecular formula is C21H17N5O2. The van der Waals surface area contributed by atoms with Gasteiger partial charge in [-0.3, -0.25) is 19.7 Å². The van der Waals surface area contributed by atoms with Crippen molar-refractivity contribution in [2.45, 2.75) is 11.6 Å². The third-order valence-electron chi connectivity index (χ3n) is 4.55. The van der Waals surface area contributed by atoms with E-state index in [0.29, 0.717) is 16.8 Å². The molecule has 0 aromatic carbocycles. The van der Waals surface area contributed by atoms with Crippen molar-refractivity contribution in [1.82, 2.24) is 24.7 Å². The highest BCUT2D eigenvalue weighted by Crippen LogP contribution is 2.41. The van der Waals surface area contributed by atoms with E-state index >= 15 is 0 Å². The van der Waals surface area contributed by atoms with Crippen LogP contribution >= 0.6 is 0 Å². The lowest BCUT2D eigenvalue weighted by atomic mass is 9.80. The molecule has 138 valence electrons. The van der Waals surface area contributed by atoms with Gasteiger partial charge in [0.1, 0.15) is 11.6 Å². The third-order valence-corrected chi connectivity index (χ3v) is 4.55. The Morgan fingerprint density at radius 1 is 0.821 bits per heavy atom. The Labute approximate surface area is 161 Å². The minimum absolute atomic E-state index is 0.357. The second-order valence-corrected chi connectivity index (χ2v) is 6.21. The van der Waals surface area contributed by atoms with Crippen LogP contribution in [-0.4, -0.2) is 29.8 Å². The molecule has 28 heavy (non-hydrogen) atoms. The molecule has 4 heterocycles. The van der Waals surface area contributed by atoms with Gasteiger partial charge in [-0.05, 0) is 30.3 Å². The quantitative estimate of drug-likeness (QED) is 0.576. The number of rotatable bonds is 5. The van der Waals surface area contributed by atoms with Gasteiger partial charge in [0.25, 0.3) is 5.56 Å². The maximum absolute atomic E-state index is 12.7. The van der Waals surface area contributed by atoms with Crippen LogP contribution in [0.3, 0.4) is 0 Å². The Balaban J connectivity index is 2.06. The zero-order valence-electron chi connectivity index (χ0n) is 14.8. The fraction of sp³-hybridized carbons (Fsp3) is 0.0952. The van der Waals surface area contributed by atoms with Crippen molar-refractivity contribution >= 4 is 0 Å². The summed E-state index contributed by atoms with van der Waals surface area (Å²) in [6.07, 6.45) is 9.49. The SMILES string of the molecule is O=c1cccnn1C(c1ccccn1)C(O)(c1cccnc1)c1cccnc1. The minimum atomic E-state index is -1.69. The standard InChI is InChI=1S/C21H17N5O2/c27-19-9-5-13-25-26(19)20(18-8-1-2-12-24-18)21(28,16-6-3-10-22-14-16)17-7-4-11-23-15-17/h1-15,20,28H. The van der Waals surface area contributed by atoms with Gasteiger partial charge in [-0.15, -0.1) is 0 Å². The maximum atomic E-state index is 12.7. The number of hydrogen-bond donors (Lipinski definition) is 1. The lowest BCUT2D eigenvalue weighted by Gasteiger charge is -2.36. The summed E-state index contributed by atoms with van der Waals surface area (Å²) < 4.78 is 1.24. The fourth-order valence-electron chi connectivity index (χ4n) is 3.28. The van der Waals surface area contributed by atoms with E-state index in [0.717, 1.165) is 0 Å². The first kappa shape index (κ1) is 17.7. The van der Waals surface area contributed by atoms with Crippen LogP contribution < -0.4 is 5.56 Å². The first-order valence-corrected chi connectivity index (χ1v) is 8.69. The lowest BCUT2D eigenvalue weighted by molar-refractivity contribution is 0.0295. The minimum Gasteiger partial charge on any atom is -0.378 e. The molecule has 0 aliphatic rings. The number of nitrogens with zero attached hydrogens (tertiary/aromatic N) is 5. The summed E-state index contributed by atoms with van der Waals surface area (Å²) in [6, 6.07) is 14.3. The van der Waals surface area contributed by atoms with E-state index in [9.17, 15) is 9.90 Å². The molecule has 4 rings (SSSR count). The van der Waals surface area contributed by atoms with Crippen molar-refractivity contribution in [2.24, 2.45) is 0 Å². The average Bonchev–Trinajstić information content (AvgIpc) is 2.77. The molecule has 1 N–H and O–H groups in total. The topological polar surface area (TPSA) is 93.8 Å². The van der Waals surface area contributed by atoms with Gasteiger partial charge in [-0.25, -0.2) is 4.68 Å². The molecule has 4 aromatic heterocycles. The third kappa shape index (κ3) is 3.08. The zero-order chi connectivity index (χ0) is 19.4. The van der Waals surface area contributed by atoms with Crippen LogP contribution in [0, 0.1) is 0 Å². The van der Waals surface area contributed by atoms with Gasteiger partial charge < -0.3 is 5.11 Å². The summed E-state index contributed by atoms with van der Waals surface area (Å²) in [5, 5.41) is 16.4. The molecule has 0 saturated carbocycles. The Morgan fingerprint density at radius 2 is 1.50 bits per heavy atom. The number of hydrogen-bond acceptors (Lipinski definition) is 6. The van der Waals surface area contributed by atoms with Crippen molar-refractivity contribution in [1.29, 1.82) is 0 Å². The van der Waals surface area contributed by atoms with Crippen LogP contribution in [0.1, 0.15) is 22.9 Å². The van der Waals surface area contributed by atoms with E-state index in [2.05, 4.69) is 20.1 Å². The molecule has 0 spiro atoms. The smallest absolute Gasteiger partial charge is 0.267 e. The van der Waals surface area contributed by atoms with Crippen molar-refractivity contribution in [3.05, 3.63) is 119 Å². The number of pyridine rings is 3. The van der Waals surface area contributed by atoms with Gasteiger partial charge >= 0.3 is 0 Å². The average molecular weight is 371 g/mol. The molecule has 7 nitrogen and oxygen atoms in total. The predicted molar refractivity (Wildman–Crippen MR) is 102 cm³/mol. The van der Waals surface area contributed by atoms with Gasteiger partial charge in [-0.2, -0.15) is 5.10 Å². The Hall–Kier alpha value is -3.71. The molecule has 0 amide bonds. The van der Waals surface area contributed by atoms with Crippen LogP contribution in [0.15, 0.2) is 96.6 Å². The summed E-state index contributed by atoms with van der Waals surface area (Å²) in [5.41, 5.74) is -0.565.